The molecule has 1 aromatic rings. The van der Waals surface area contributed by atoms with Gasteiger partial charge < -0.3 is 5.32 Å². The minimum atomic E-state index is 0.251. The van der Waals surface area contributed by atoms with Crippen LogP contribution in [-0.4, -0.2) is 18.8 Å². The summed E-state index contributed by atoms with van der Waals surface area (Å²) in [4.78, 5) is 1.38. The van der Waals surface area contributed by atoms with Crippen LogP contribution in [0.5, 0.6) is 0 Å². The van der Waals surface area contributed by atoms with Crippen molar-refractivity contribution in [2.45, 2.75) is 57.8 Å². The lowest BCUT2D eigenvalue weighted by Gasteiger charge is -2.19. The first-order valence-corrected chi connectivity index (χ1v) is 8.82. The fourth-order valence-electron chi connectivity index (χ4n) is 2.05. The summed E-state index contributed by atoms with van der Waals surface area (Å²) in [5.74, 6) is 1.98. The number of nitrogens with one attached hydrogen (secondary N) is 1. The summed E-state index contributed by atoms with van der Waals surface area (Å²) >= 11 is 1.94. The molecule has 0 aliphatic rings. The van der Waals surface area contributed by atoms with Crippen molar-refractivity contribution in [3.05, 3.63) is 29.8 Å². The van der Waals surface area contributed by atoms with E-state index in [1.807, 2.05) is 11.8 Å². The van der Waals surface area contributed by atoms with Gasteiger partial charge in [-0.2, -0.15) is 0 Å². The van der Waals surface area contributed by atoms with Crippen molar-refractivity contribution in [1.29, 1.82) is 0 Å². The van der Waals surface area contributed by atoms with E-state index in [1.54, 1.807) is 0 Å². The summed E-state index contributed by atoms with van der Waals surface area (Å²) in [7, 11) is 0. The van der Waals surface area contributed by atoms with Crippen LogP contribution < -0.4 is 5.32 Å². The summed E-state index contributed by atoms with van der Waals surface area (Å²) in [5, 5.41) is 3.53. The topological polar surface area (TPSA) is 12.0 Å². The first-order chi connectivity index (χ1) is 9.39. The van der Waals surface area contributed by atoms with Gasteiger partial charge in [-0.1, -0.05) is 46.8 Å². The molecule has 1 N–H and O–H groups in total. The first kappa shape index (κ1) is 17.6. The second kappa shape index (κ2) is 8.74. The zero-order chi connectivity index (χ0) is 15.0. The summed E-state index contributed by atoms with van der Waals surface area (Å²) < 4.78 is 0. The molecule has 0 aliphatic heterocycles. The number of rotatable bonds is 8. The number of hydrogen-bond acceptors (Lipinski definition) is 2. The van der Waals surface area contributed by atoms with Crippen molar-refractivity contribution >= 4 is 11.8 Å². The summed E-state index contributed by atoms with van der Waals surface area (Å²) in [6, 6.07) is 9.03. The van der Waals surface area contributed by atoms with E-state index >= 15 is 0 Å². The molecule has 0 fully saturated rings. The van der Waals surface area contributed by atoms with Crippen molar-refractivity contribution in [2.24, 2.45) is 5.92 Å². The minimum Gasteiger partial charge on any atom is -0.316 e. The van der Waals surface area contributed by atoms with Crippen molar-refractivity contribution in [2.75, 3.05) is 18.8 Å². The van der Waals surface area contributed by atoms with Gasteiger partial charge in [0.25, 0.3) is 0 Å². The van der Waals surface area contributed by atoms with Gasteiger partial charge >= 0.3 is 0 Å². The monoisotopic (exact) mass is 293 g/mol. The lowest BCUT2D eigenvalue weighted by atomic mass is 9.87. The highest BCUT2D eigenvalue weighted by Crippen LogP contribution is 2.25. The molecule has 0 heterocycles. The first-order valence-electron chi connectivity index (χ1n) is 7.83. The second-order valence-electron chi connectivity index (χ2n) is 6.91. The van der Waals surface area contributed by atoms with Crippen LogP contribution in [0.3, 0.4) is 0 Å². The lowest BCUT2D eigenvalue weighted by molar-refractivity contribution is 0.534. The molecule has 0 atom stereocenters. The number of hydrogen-bond donors (Lipinski definition) is 1. The van der Waals surface area contributed by atoms with Gasteiger partial charge in [-0.05, 0) is 48.4 Å². The highest BCUT2D eigenvalue weighted by atomic mass is 32.2. The van der Waals surface area contributed by atoms with Crippen molar-refractivity contribution in [1.82, 2.24) is 5.32 Å². The third-order valence-electron chi connectivity index (χ3n) is 3.40. The van der Waals surface area contributed by atoms with E-state index in [0.29, 0.717) is 0 Å². The molecular weight excluding hydrogens is 262 g/mol. The van der Waals surface area contributed by atoms with Gasteiger partial charge in [0.2, 0.25) is 0 Å². The smallest absolute Gasteiger partial charge is 0.0106 e. The molecule has 114 valence electrons. The third kappa shape index (κ3) is 7.35. The Morgan fingerprint density at radius 3 is 2.25 bits per heavy atom. The molecule has 2 heteroatoms. The maximum Gasteiger partial charge on any atom is 0.0106 e. The SMILES string of the molecule is CC(C)CCCNCCSc1ccc(C(C)(C)C)cc1. The van der Waals surface area contributed by atoms with Gasteiger partial charge in [-0.25, -0.2) is 0 Å². The van der Waals surface area contributed by atoms with E-state index in [2.05, 4.69) is 64.2 Å². The molecule has 1 nitrogen and oxygen atoms in total. The van der Waals surface area contributed by atoms with E-state index in [1.165, 1.54) is 23.3 Å². The van der Waals surface area contributed by atoms with Crippen molar-refractivity contribution < 1.29 is 0 Å². The van der Waals surface area contributed by atoms with Gasteiger partial charge in [-0.3, -0.25) is 0 Å². The van der Waals surface area contributed by atoms with E-state index in [0.717, 1.165) is 24.8 Å². The van der Waals surface area contributed by atoms with Crippen molar-refractivity contribution in [3.8, 4) is 0 Å². The number of benzene rings is 1. The third-order valence-corrected chi connectivity index (χ3v) is 4.42. The van der Waals surface area contributed by atoms with Crippen LogP contribution in [0.25, 0.3) is 0 Å². The zero-order valence-corrected chi connectivity index (χ0v) is 14.6. The fourth-order valence-corrected chi connectivity index (χ4v) is 2.86. The Labute approximate surface area is 129 Å². The molecule has 1 rings (SSSR count). The van der Waals surface area contributed by atoms with Crippen LogP contribution in [0.4, 0.5) is 0 Å². The molecule has 0 spiro atoms. The van der Waals surface area contributed by atoms with Crippen LogP contribution in [-0.2, 0) is 5.41 Å². The maximum atomic E-state index is 3.53. The van der Waals surface area contributed by atoms with Crippen molar-refractivity contribution in [3.63, 3.8) is 0 Å². The molecule has 0 aliphatic carbocycles. The average Bonchev–Trinajstić information content (AvgIpc) is 2.37. The Kier molecular flexibility index (Phi) is 7.68. The van der Waals surface area contributed by atoms with Crippen LogP contribution in [0.1, 0.15) is 53.0 Å². The Morgan fingerprint density at radius 1 is 1.05 bits per heavy atom. The standard InChI is InChI=1S/C18H31NS/c1-15(2)7-6-12-19-13-14-20-17-10-8-16(9-11-17)18(3,4)5/h8-11,15,19H,6-7,12-14H2,1-5H3. The van der Waals surface area contributed by atoms with E-state index in [9.17, 15) is 0 Å². The quantitative estimate of drug-likeness (QED) is 0.528. The molecule has 0 saturated heterocycles. The number of thioether (sulfide) groups is 1. The second-order valence-corrected chi connectivity index (χ2v) is 8.08. The van der Waals surface area contributed by atoms with Crippen LogP contribution >= 0.6 is 11.8 Å². The Bertz CT molecular complexity index is 362. The largest absolute Gasteiger partial charge is 0.316 e. The van der Waals surface area contributed by atoms with Gasteiger partial charge in [-0.15, -0.1) is 11.8 Å². The zero-order valence-electron chi connectivity index (χ0n) is 13.8. The predicted molar refractivity (Wildman–Crippen MR) is 92.8 cm³/mol. The fraction of sp³-hybridized carbons (Fsp3) is 0.667. The molecule has 0 radical (unpaired) electrons. The van der Waals surface area contributed by atoms with Crippen LogP contribution in [0.2, 0.25) is 0 Å². The Balaban J connectivity index is 2.16. The Morgan fingerprint density at radius 2 is 1.70 bits per heavy atom. The van der Waals surface area contributed by atoms with Crippen LogP contribution in [0, 0.1) is 5.92 Å². The predicted octanol–water partition coefficient (Wildman–Crippen LogP) is 5.10. The van der Waals surface area contributed by atoms with Crippen LogP contribution in [0.15, 0.2) is 29.2 Å². The molecule has 0 aromatic heterocycles. The lowest BCUT2D eigenvalue weighted by Crippen LogP contribution is -2.18. The summed E-state index contributed by atoms with van der Waals surface area (Å²) in [6.45, 7) is 13.6. The summed E-state index contributed by atoms with van der Waals surface area (Å²) in [5.41, 5.74) is 1.66. The molecule has 0 unspecified atom stereocenters. The van der Waals surface area contributed by atoms with E-state index in [4.69, 9.17) is 0 Å². The molecular formula is C18H31NS. The minimum absolute atomic E-state index is 0.251. The molecule has 0 bridgehead atoms. The van der Waals surface area contributed by atoms with Gasteiger partial charge in [0, 0.05) is 17.2 Å². The van der Waals surface area contributed by atoms with E-state index in [-0.39, 0.29) is 5.41 Å². The molecule has 0 saturated carbocycles. The highest BCUT2D eigenvalue weighted by molar-refractivity contribution is 7.99. The molecule has 0 amide bonds. The average molecular weight is 294 g/mol. The normalized spacial score (nSPS) is 12.1. The molecule has 20 heavy (non-hydrogen) atoms. The summed E-state index contributed by atoms with van der Waals surface area (Å²) in [6.07, 6.45) is 2.62. The highest BCUT2D eigenvalue weighted by Gasteiger charge is 2.12. The van der Waals surface area contributed by atoms with Gasteiger partial charge in [0.1, 0.15) is 0 Å². The maximum absolute atomic E-state index is 3.53. The molecule has 1 aromatic carbocycles. The Hall–Kier alpha value is -0.470. The van der Waals surface area contributed by atoms with Gasteiger partial charge in [0.05, 0.1) is 0 Å². The van der Waals surface area contributed by atoms with E-state index < -0.39 is 0 Å². The van der Waals surface area contributed by atoms with Gasteiger partial charge in [0.15, 0.2) is 0 Å².